The molecule has 0 spiro atoms. The molecule has 0 atom stereocenters. The fourth-order valence-corrected chi connectivity index (χ4v) is 3.74. The van der Waals surface area contributed by atoms with Gasteiger partial charge in [-0.25, -0.2) is 0 Å². The van der Waals surface area contributed by atoms with Crippen LogP contribution in [-0.4, -0.2) is 5.78 Å². The Kier molecular flexibility index (Phi) is 3.25. The minimum Gasteiger partial charge on any atom is -0.289 e. The van der Waals surface area contributed by atoms with E-state index in [1.54, 1.807) is 11.3 Å². The van der Waals surface area contributed by atoms with Gasteiger partial charge in [0.25, 0.3) is 0 Å². The zero-order chi connectivity index (χ0) is 13.4. The predicted octanol–water partition coefficient (Wildman–Crippen LogP) is 5.20. The van der Waals surface area contributed by atoms with Gasteiger partial charge in [-0.05, 0) is 35.0 Å². The highest BCUT2D eigenvalue weighted by atomic mass is 79.9. The maximum absolute atomic E-state index is 12.6. The van der Waals surface area contributed by atoms with Gasteiger partial charge in [0.2, 0.25) is 0 Å². The lowest BCUT2D eigenvalue weighted by molar-refractivity contribution is 0.104. The molecule has 0 unspecified atom stereocenters. The van der Waals surface area contributed by atoms with E-state index in [0.717, 1.165) is 31.2 Å². The number of halogens is 1. The third kappa shape index (κ3) is 2.24. The molecule has 1 aromatic heterocycles. The molecule has 94 valence electrons. The molecule has 3 rings (SSSR count). The Morgan fingerprint density at radius 1 is 1.16 bits per heavy atom. The first-order valence-electron chi connectivity index (χ1n) is 5.94. The summed E-state index contributed by atoms with van der Waals surface area (Å²) in [4.78, 5) is 12.6. The van der Waals surface area contributed by atoms with Gasteiger partial charge in [-0.15, -0.1) is 11.3 Å². The van der Waals surface area contributed by atoms with E-state index in [-0.39, 0.29) is 5.78 Å². The molecule has 0 amide bonds. The number of rotatable bonds is 2. The first-order valence-corrected chi connectivity index (χ1v) is 7.61. The minimum absolute atomic E-state index is 0.0908. The third-order valence-corrected chi connectivity index (χ3v) is 5.03. The molecule has 0 saturated carbocycles. The molecular formula is C16H11BrOS. The zero-order valence-electron chi connectivity index (χ0n) is 10.3. The number of carbonyl (C=O) groups is 1. The molecule has 1 heterocycles. The highest BCUT2D eigenvalue weighted by Crippen LogP contribution is 2.33. The highest BCUT2D eigenvalue weighted by Gasteiger charge is 2.15. The molecular weight excluding hydrogens is 320 g/mol. The van der Waals surface area contributed by atoms with Crippen molar-refractivity contribution in [2.45, 2.75) is 6.92 Å². The summed E-state index contributed by atoms with van der Waals surface area (Å²) in [7, 11) is 0. The monoisotopic (exact) mass is 330 g/mol. The van der Waals surface area contributed by atoms with Crippen molar-refractivity contribution in [3.05, 3.63) is 69.0 Å². The number of hydrogen-bond acceptors (Lipinski definition) is 2. The smallest absolute Gasteiger partial charge is 0.194 e. The molecule has 0 radical (unpaired) electrons. The zero-order valence-corrected chi connectivity index (χ0v) is 12.7. The van der Waals surface area contributed by atoms with Crippen molar-refractivity contribution in [3.8, 4) is 0 Å². The number of hydrogen-bond donors (Lipinski definition) is 0. The van der Waals surface area contributed by atoms with Gasteiger partial charge >= 0.3 is 0 Å². The topological polar surface area (TPSA) is 17.1 Å². The van der Waals surface area contributed by atoms with Crippen molar-refractivity contribution < 1.29 is 4.79 Å². The van der Waals surface area contributed by atoms with Gasteiger partial charge in [0.15, 0.2) is 5.78 Å². The van der Waals surface area contributed by atoms with Crippen molar-refractivity contribution >= 4 is 43.1 Å². The Morgan fingerprint density at radius 2 is 1.95 bits per heavy atom. The number of aryl methyl sites for hydroxylation is 1. The number of fused-ring (bicyclic) bond motifs is 1. The Labute approximate surface area is 124 Å². The number of benzene rings is 2. The quantitative estimate of drug-likeness (QED) is 0.590. The van der Waals surface area contributed by atoms with E-state index < -0.39 is 0 Å². The highest BCUT2D eigenvalue weighted by molar-refractivity contribution is 9.10. The molecule has 19 heavy (non-hydrogen) atoms. The second kappa shape index (κ2) is 4.91. The van der Waals surface area contributed by atoms with Crippen molar-refractivity contribution in [2.24, 2.45) is 0 Å². The lowest BCUT2D eigenvalue weighted by atomic mass is 10.0. The molecule has 3 heteroatoms. The summed E-state index contributed by atoms with van der Waals surface area (Å²) in [5.74, 6) is 0.0908. The van der Waals surface area contributed by atoms with Crippen LogP contribution < -0.4 is 0 Å². The van der Waals surface area contributed by atoms with Crippen LogP contribution >= 0.6 is 27.3 Å². The van der Waals surface area contributed by atoms with Crippen LogP contribution in [0.3, 0.4) is 0 Å². The van der Waals surface area contributed by atoms with E-state index in [0.29, 0.717) is 0 Å². The van der Waals surface area contributed by atoms with E-state index in [1.165, 1.54) is 0 Å². The summed E-state index contributed by atoms with van der Waals surface area (Å²) < 4.78 is 2.16. The number of carbonyl (C=O) groups excluding carboxylic acids is 1. The van der Waals surface area contributed by atoms with Gasteiger partial charge in [0, 0.05) is 31.1 Å². The van der Waals surface area contributed by atoms with Gasteiger partial charge in [0.1, 0.15) is 0 Å². The molecule has 3 aromatic rings. The van der Waals surface area contributed by atoms with Crippen LogP contribution in [0.4, 0.5) is 0 Å². The van der Waals surface area contributed by atoms with Crippen molar-refractivity contribution in [2.75, 3.05) is 0 Å². The van der Waals surface area contributed by atoms with Crippen LogP contribution in [0.15, 0.2) is 52.3 Å². The molecule has 0 saturated heterocycles. The summed E-state index contributed by atoms with van der Waals surface area (Å²) in [6.07, 6.45) is 0. The van der Waals surface area contributed by atoms with Crippen molar-refractivity contribution in [1.82, 2.24) is 0 Å². The van der Waals surface area contributed by atoms with Gasteiger partial charge in [-0.3, -0.25) is 4.79 Å². The lowest BCUT2D eigenvalue weighted by Gasteiger charge is -2.01. The van der Waals surface area contributed by atoms with Crippen LogP contribution in [0, 0.1) is 6.92 Å². The first kappa shape index (κ1) is 12.6. The Bertz CT molecular complexity index is 773. The van der Waals surface area contributed by atoms with Crippen LogP contribution in [0.5, 0.6) is 0 Å². The fraction of sp³-hybridized carbons (Fsp3) is 0.0625. The predicted molar refractivity (Wildman–Crippen MR) is 84.1 cm³/mol. The van der Waals surface area contributed by atoms with Gasteiger partial charge in [-0.1, -0.05) is 35.9 Å². The van der Waals surface area contributed by atoms with Gasteiger partial charge in [0.05, 0.1) is 0 Å². The Balaban J connectivity index is 2.15. The Morgan fingerprint density at radius 3 is 2.74 bits per heavy atom. The summed E-state index contributed by atoms with van der Waals surface area (Å²) >= 11 is 5.13. The summed E-state index contributed by atoms with van der Waals surface area (Å²) in [6.45, 7) is 2.00. The Hall–Kier alpha value is -1.45. The maximum Gasteiger partial charge on any atom is 0.194 e. The van der Waals surface area contributed by atoms with Crippen LogP contribution in [0.25, 0.3) is 10.1 Å². The SMILES string of the molecule is Cc1cccc(C(=O)c2csc3c(Br)cccc23)c1. The van der Waals surface area contributed by atoms with E-state index >= 15 is 0 Å². The van der Waals surface area contributed by atoms with Crippen LogP contribution in [0.2, 0.25) is 0 Å². The van der Waals surface area contributed by atoms with Crippen LogP contribution in [0.1, 0.15) is 21.5 Å². The minimum atomic E-state index is 0.0908. The van der Waals surface area contributed by atoms with Crippen molar-refractivity contribution in [3.63, 3.8) is 0 Å². The number of ketones is 1. The molecule has 0 bridgehead atoms. The number of thiophene rings is 1. The van der Waals surface area contributed by atoms with E-state index in [4.69, 9.17) is 0 Å². The molecule has 0 aliphatic rings. The molecule has 0 N–H and O–H groups in total. The normalized spacial score (nSPS) is 10.8. The molecule has 1 nitrogen and oxygen atoms in total. The first-order chi connectivity index (χ1) is 9.16. The molecule has 0 fully saturated rings. The third-order valence-electron chi connectivity index (χ3n) is 3.08. The summed E-state index contributed by atoms with van der Waals surface area (Å²) in [5, 5.41) is 2.96. The largest absolute Gasteiger partial charge is 0.289 e. The van der Waals surface area contributed by atoms with E-state index in [9.17, 15) is 4.79 Å². The van der Waals surface area contributed by atoms with Crippen molar-refractivity contribution in [1.29, 1.82) is 0 Å². The van der Waals surface area contributed by atoms with Gasteiger partial charge in [-0.2, -0.15) is 0 Å². The molecule has 0 aliphatic heterocycles. The van der Waals surface area contributed by atoms with E-state index in [2.05, 4.69) is 15.9 Å². The summed E-state index contributed by atoms with van der Waals surface area (Å²) in [6, 6.07) is 13.7. The average molecular weight is 331 g/mol. The van der Waals surface area contributed by atoms with E-state index in [1.807, 2.05) is 54.8 Å². The molecule has 0 aliphatic carbocycles. The molecule has 2 aromatic carbocycles. The van der Waals surface area contributed by atoms with Gasteiger partial charge < -0.3 is 0 Å². The second-order valence-electron chi connectivity index (χ2n) is 4.46. The average Bonchev–Trinajstić information content (AvgIpc) is 2.83. The standard InChI is InChI=1S/C16H11BrOS/c1-10-4-2-5-11(8-10)15(18)13-9-19-16-12(13)6-3-7-14(16)17/h2-9H,1H3. The summed E-state index contributed by atoms with van der Waals surface area (Å²) in [5.41, 5.74) is 2.64. The lowest BCUT2D eigenvalue weighted by Crippen LogP contribution is -2.00. The second-order valence-corrected chi connectivity index (χ2v) is 6.20. The van der Waals surface area contributed by atoms with Crippen LogP contribution in [-0.2, 0) is 0 Å². The maximum atomic E-state index is 12.6. The fourth-order valence-electron chi connectivity index (χ4n) is 2.14.